The van der Waals surface area contributed by atoms with E-state index in [1.165, 1.54) is 24.0 Å². The normalized spacial score (nSPS) is 31.3. The van der Waals surface area contributed by atoms with Crippen LogP contribution >= 0.6 is 0 Å². The van der Waals surface area contributed by atoms with Crippen molar-refractivity contribution >= 4 is 5.91 Å². The molecule has 2 aliphatic heterocycles. The van der Waals surface area contributed by atoms with E-state index in [0.29, 0.717) is 32.4 Å². The fourth-order valence-electron chi connectivity index (χ4n) is 8.73. The molecule has 5 aliphatic rings. The van der Waals surface area contributed by atoms with Gasteiger partial charge >= 0.3 is 0 Å². The number of rotatable bonds is 10. The van der Waals surface area contributed by atoms with Crippen molar-refractivity contribution in [3.8, 4) is 16.9 Å². The van der Waals surface area contributed by atoms with Crippen LogP contribution in [0, 0.1) is 18.3 Å². The number of hydrogen-bond acceptors (Lipinski definition) is 6. The monoisotopic (exact) mass is 598 g/mol. The molecule has 3 aliphatic carbocycles. The summed E-state index contributed by atoms with van der Waals surface area (Å²) in [6, 6.07) is 14.8. The van der Waals surface area contributed by atoms with Crippen LogP contribution in [0.25, 0.3) is 11.1 Å². The van der Waals surface area contributed by atoms with Gasteiger partial charge in [-0.15, -0.1) is 0 Å². The minimum absolute atomic E-state index is 0.00634. The molecule has 5 atom stereocenters. The Hall–Kier alpha value is -2.97. The number of nitrogens with zero attached hydrogens (tertiary/aromatic N) is 1. The Morgan fingerprint density at radius 1 is 1.14 bits per heavy atom. The first-order chi connectivity index (χ1) is 21.3. The summed E-state index contributed by atoms with van der Waals surface area (Å²) in [5, 5.41) is 26.3. The molecule has 7 rings (SSSR count). The number of benzene rings is 2. The molecule has 2 aromatic carbocycles. The third-order valence-electron chi connectivity index (χ3n) is 11.2. The van der Waals surface area contributed by atoms with E-state index >= 15 is 0 Å². The Kier molecular flexibility index (Phi) is 7.94. The van der Waals surface area contributed by atoms with E-state index in [-0.39, 0.29) is 18.1 Å². The first-order valence-corrected chi connectivity index (χ1v) is 16.5. The highest BCUT2D eigenvalue weighted by atomic mass is 16.5. The Morgan fingerprint density at radius 3 is 2.68 bits per heavy atom. The molecule has 1 spiro atoms. The van der Waals surface area contributed by atoms with Crippen LogP contribution in [0.4, 0.5) is 0 Å². The van der Waals surface area contributed by atoms with E-state index in [9.17, 15) is 15.0 Å². The minimum Gasteiger partial charge on any atom is -0.496 e. The van der Waals surface area contributed by atoms with Crippen molar-refractivity contribution in [3.05, 3.63) is 76.9 Å². The van der Waals surface area contributed by atoms with Crippen molar-refractivity contribution in [2.75, 3.05) is 33.4 Å². The lowest BCUT2D eigenvalue weighted by Gasteiger charge is -2.64. The maximum absolute atomic E-state index is 12.8. The number of aryl methyl sites for hydroxylation is 1. The molecule has 0 aromatic heterocycles. The fraction of sp³-hybridized carbons (Fsp3) is 0.541. The molecule has 3 N–H and O–H groups in total. The maximum atomic E-state index is 12.8. The second kappa shape index (κ2) is 11.8. The van der Waals surface area contributed by atoms with E-state index in [4.69, 9.17) is 9.47 Å². The summed E-state index contributed by atoms with van der Waals surface area (Å²) in [6.07, 6.45) is 9.65. The lowest BCUT2D eigenvalue weighted by molar-refractivity contribution is -0.231. The van der Waals surface area contributed by atoms with Crippen LogP contribution in [0.5, 0.6) is 5.75 Å². The Labute approximate surface area is 260 Å². The zero-order valence-corrected chi connectivity index (χ0v) is 26.1. The molecule has 4 fully saturated rings. The van der Waals surface area contributed by atoms with Crippen LogP contribution in [-0.2, 0) is 16.0 Å². The van der Waals surface area contributed by atoms with Gasteiger partial charge in [0.05, 0.1) is 36.9 Å². The standard InChI is InChI=1S/C37H46N2O5/c1-24-20-28(12-13-32(24)43-2)27-10-8-25(9-11-27)15-18-38-34(41)5-3-4-29-21-33-37(42)16-14-31(40)35-36(37,30(29)23-44-35)17-19-39(33)22-26-6-7-26/h3-4,8-13,20,26,31,33,35,40,42H,5-7,14-19,21-23H2,1-2H3,(H,38,41). The number of ether oxygens (including phenoxy) is 2. The Balaban J connectivity index is 0.973. The van der Waals surface area contributed by atoms with Gasteiger partial charge in [-0.2, -0.15) is 0 Å². The molecule has 7 nitrogen and oxygen atoms in total. The summed E-state index contributed by atoms with van der Waals surface area (Å²) in [6.45, 7) is 5.10. The Bertz CT molecular complexity index is 1460. The van der Waals surface area contributed by atoms with Crippen LogP contribution in [-0.4, -0.2) is 78.2 Å². The van der Waals surface area contributed by atoms with Crippen molar-refractivity contribution in [1.29, 1.82) is 0 Å². The Morgan fingerprint density at radius 2 is 1.93 bits per heavy atom. The summed E-state index contributed by atoms with van der Waals surface area (Å²) < 4.78 is 11.6. The van der Waals surface area contributed by atoms with Gasteiger partial charge in [-0.1, -0.05) is 42.5 Å². The first-order valence-electron chi connectivity index (χ1n) is 16.5. The van der Waals surface area contributed by atoms with Crippen molar-refractivity contribution < 1.29 is 24.5 Å². The number of aliphatic hydroxyl groups is 2. The van der Waals surface area contributed by atoms with Crippen LogP contribution < -0.4 is 10.1 Å². The fourth-order valence-corrected chi connectivity index (χ4v) is 8.73. The van der Waals surface area contributed by atoms with E-state index in [1.807, 2.05) is 12.1 Å². The number of allylic oxidation sites excluding steroid dienone is 1. The van der Waals surface area contributed by atoms with Crippen LogP contribution in [0.15, 0.2) is 65.8 Å². The first kappa shape index (κ1) is 29.7. The SMILES string of the molecule is COc1ccc(-c2ccc(CCNC(=O)CC=CC3=C4COC5C(O)CCC6(O)C(C3)N(CC3CC3)CCC456)cc2)cc1C. The summed E-state index contributed by atoms with van der Waals surface area (Å²) in [5.41, 5.74) is 5.59. The average Bonchev–Trinajstić information content (AvgIpc) is 3.75. The highest BCUT2D eigenvalue weighted by Gasteiger charge is 2.71. The quantitative estimate of drug-likeness (QED) is 0.366. The van der Waals surface area contributed by atoms with Gasteiger partial charge in [0.1, 0.15) is 5.75 Å². The van der Waals surface area contributed by atoms with Gasteiger partial charge in [-0.25, -0.2) is 0 Å². The van der Waals surface area contributed by atoms with Crippen LogP contribution in [0.1, 0.15) is 56.1 Å². The third kappa shape index (κ3) is 5.12. The molecule has 7 heteroatoms. The molecule has 0 radical (unpaired) electrons. The van der Waals surface area contributed by atoms with E-state index in [1.54, 1.807) is 7.11 Å². The highest BCUT2D eigenvalue weighted by Crippen LogP contribution is 2.64. The smallest absolute Gasteiger partial charge is 0.223 e. The second-order valence-electron chi connectivity index (χ2n) is 13.7. The number of methoxy groups -OCH3 is 1. The number of amides is 1. The van der Waals surface area contributed by atoms with E-state index < -0.39 is 17.1 Å². The summed E-state index contributed by atoms with van der Waals surface area (Å²) in [7, 11) is 1.69. The van der Waals surface area contributed by atoms with Gasteiger partial charge < -0.3 is 25.0 Å². The molecule has 1 amide bonds. The van der Waals surface area contributed by atoms with Crippen molar-refractivity contribution in [1.82, 2.24) is 10.2 Å². The van der Waals surface area contributed by atoms with Gasteiger partial charge in [-0.05, 0) is 110 Å². The number of hydrogen-bond donors (Lipinski definition) is 3. The van der Waals surface area contributed by atoms with Crippen molar-refractivity contribution in [2.45, 2.75) is 82.1 Å². The molecule has 5 unspecified atom stereocenters. The third-order valence-corrected chi connectivity index (χ3v) is 11.2. The van der Waals surface area contributed by atoms with Gasteiger partial charge in [0.2, 0.25) is 5.91 Å². The van der Waals surface area contributed by atoms with Crippen LogP contribution in [0.3, 0.4) is 0 Å². The molecule has 234 valence electrons. The predicted molar refractivity (Wildman–Crippen MR) is 170 cm³/mol. The largest absolute Gasteiger partial charge is 0.496 e. The zero-order chi connectivity index (χ0) is 30.5. The summed E-state index contributed by atoms with van der Waals surface area (Å²) in [4.78, 5) is 15.3. The maximum Gasteiger partial charge on any atom is 0.223 e. The lowest BCUT2D eigenvalue weighted by Crippen LogP contribution is -2.74. The minimum atomic E-state index is -0.865. The van der Waals surface area contributed by atoms with Crippen LogP contribution in [0.2, 0.25) is 0 Å². The molecule has 2 aromatic rings. The topological polar surface area (TPSA) is 91.3 Å². The lowest BCUT2D eigenvalue weighted by atomic mass is 9.49. The molecule has 2 heterocycles. The molecular weight excluding hydrogens is 552 g/mol. The number of carbonyl (C=O) groups is 1. The molecule has 44 heavy (non-hydrogen) atoms. The van der Waals surface area contributed by atoms with Gasteiger partial charge in [-0.3, -0.25) is 9.69 Å². The molecular formula is C37H46N2O5. The molecule has 2 saturated carbocycles. The number of likely N-dealkylation sites (tertiary alicyclic amines) is 1. The van der Waals surface area contributed by atoms with Gasteiger partial charge in [0.25, 0.3) is 0 Å². The van der Waals surface area contributed by atoms with E-state index in [2.05, 4.69) is 59.6 Å². The van der Waals surface area contributed by atoms with Crippen molar-refractivity contribution in [2.24, 2.45) is 11.3 Å². The number of piperidine rings is 1. The number of carbonyl (C=O) groups excluding carboxylic acids is 1. The molecule has 2 saturated heterocycles. The van der Waals surface area contributed by atoms with Gasteiger partial charge in [0.15, 0.2) is 0 Å². The van der Waals surface area contributed by atoms with Gasteiger partial charge in [0, 0.05) is 25.6 Å². The average molecular weight is 599 g/mol. The number of aliphatic hydroxyl groups excluding tert-OH is 1. The summed E-state index contributed by atoms with van der Waals surface area (Å²) in [5.74, 6) is 1.65. The second-order valence-corrected chi connectivity index (χ2v) is 13.7. The predicted octanol–water partition coefficient (Wildman–Crippen LogP) is 4.73. The zero-order valence-electron chi connectivity index (χ0n) is 26.1. The summed E-state index contributed by atoms with van der Waals surface area (Å²) >= 11 is 0. The molecule has 2 bridgehead atoms. The number of nitrogens with one attached hydrogen (secondary N) is 1. The highest BCUT2D eigenvalue weighted by molar-refractivity contribution is 5.77. The van der Waals surface area contributed by atoms with E-state index in [0.717, 1.165) is 66.3 Å². The van der Waals surface area contributed by atoms with Crippen molar-refractivity contribution in [3.63, 3.8) is 0 Å².